The number of amides is 2. The van der Waals surface area contributed by atoms with Crippen LogP contribution >= 0.6 is 0 Å². The fourth-order valence-electron chi connectivity index (χ4n) is 3.17. The Bertz CT molecular complexity index is 744. The molecule has 0 aliphatic carbocycles. The maximum atomic E-state index is 12.4. The molecule has 2 aliphatic heterocycles. The summed E-state index contributed by atoms with van der Waals surface area (Å²) in [5.74, 6) is 0.787. The molecule has 0 aromatic heterocycles. The Morgan fingerprint density at radius 2 is 2.04 bits per heavy atom. The Hall–Kier alpha value is -2.90. The molecule has 138 valence electrons. The lowest BCUT2D eigenvalue weighted by molar-refractivity contribution is -0.384. The smallest absolute Gasteiger partial charge is 0.410 e. The largest absolute Gasteiger partial charge is 0.415 e. The summed E-state index contributed by atoms with van der Waals surface area (Å²) < 4.78 is 5.31. The van der Waals surface area contributed by atoms with Crippen molar-refractivity contribution in [3.63, 3.8) is 0 Å². The number of nitrogens with zero attached hydrogens (tertiary/aromatic N) is 3. The van der Waals surface area contributed by atoms with E-state index in [1.807, 2.05) is 6.08 Å². The van der Waals surface area contributed by atoms with E-state index >= 15 is 0 Å². The average Bonchev–Trinajstić information content (AvgIpc) is 2.64. The van der Waals surface area contributed by atoms with E-state index in [1.54, 1.807) is 9.80 Å². The van der Waals surface area contributed by atoms with Crippen LogP contribution in [0.2, 0.25) is 0 Å². The first kappa shape index (κ1) is 17.9. The summed E-state index contributed by atoms with van der Waals surface area (Å²) in [6.45, 7) is 3.62. The van der Waals surface area contributed by atoms with E-state index in [4.69, 9.17) is 4.74 Å². The second-order valence-electron chi connectivity index (χ2n) is 6.67. The van der Waals surface area contributed by atoms with E-state index in [0.29, 0.717) is 38.4 Å². The van der Waals surface area contributed by atoms with Crippen LogP contribution in [-0.4, -0.2) is 46.4 Å². The Labute approximate surface area is 151 Å². The van der Waals surface area contributed by atoms with Gasteiger partial charge in [0, 0.05) is 37.3 Å². The molecule has 8 nitrogen and oxygen atoms in total. The van der Waals surface area contributed by atoms with Crippen molar-refractivity contribution in [2.45, 2.75) is 26.2 Å². The van der Waals surface area contributed by atoms with Crippen LogP contribution < -0.4 is 4.74 Å². The van der Waals surface area contributed by atoms with Gasteiger partial charge in [0.15, 0.2) is 0 Å². The molecule has 1 aromatic rings. The number of nitro groups is 1. The summed E-state index contributed by atoms with van der Waals surface area (Å²) in [6, 6.07) is 5.37. The SMILES string of the molecule is CC1CCC(=O)N(C2=CCCN(C(=O)Oc3ccc([N+](=O)[O-])cc3)C2)C1. The second kappa shape index (κ2) is 7.55. The summed E-state index contributed by atoms with van der Waals surface area (Å²) in [5.41, 5.74) is 0.777. The molecular weight excluding hydrogens is 338 g/mol. The third-order valence-electron chi connectivity index (χ3n) is 4.64. The van der Waals surface area contributed by atoms with E-state index < -0.39 is 11.0 Å². The number of likely N-dealkylation sites (tertiary alicyclic amines) is 1. The molecule has 3 rings (SSSR count). The van der Waals surface area contributed by atoms with Crippen LogP contribution in [0.5, 0.6) is 5.75 Å². The summed E-state index contributed by atoms with van der Waals surface area (Å²) >= 11 is 0. The van der Waals surface area contributed by atoms with E-state index in [1.165, 1.54) is 24.3 Å². The molecular formula is C18H21N3O5. The van der Waals surface area contributed by atoms with Crippen LogP contribution in [0.25, 0.3) is 0 Å². The first-order valence-corrected chi connectivity index (χ1v) is 8.64. The normalized spacial score (nSPS) is 20.6. The van der Waals surface area contributed by atoms with E-state index in [0.717, 1.165) is 12.1 Å². The number of hydrogen-bond acceptors (Lipinski definition) is 5. The molecule has 0 spiro atoms. The van der Waals surface area contributed by atoms with Crippen LogP contribution in [0.1, 0.15) is 26.2 Å². The van der Waals surface area contributed by atoms with E-state index in [2.05, 4.69) is 6.92 Å². The van der Waals surface area contributed by atoms with Crippen LogP contribution in [0.15, 0.2) is 36.0 Å². The second-order valence-corrected chi connectivity index (χ2v) is 6.67. The van der Waals surface area contributed by atoms with Gasteiger partial charge in [-0.3, -0.25) is 14.9 Å². The average molecular weight is 359 g/mol. The first-order valence-electron chi connectivity index (χ1n) is 8.64. The maximum Gasteiger partial charge on any atom is 0.415 e. The minimum atomic E-state index is -0.526. The molecule has 2 aliphatic rings. The highest BCUT2D eigenvalue weighted by molar-refractivity contribution is 5.79. The van der Waals surface area contributed by atoms with Gasteiger partial charge >= 0.3 is 6.09 Å². The number of non-ortho nitro benzene ring substituents is 1. The van der Waals surface area contributed by atoms with Gasteiger partial charge in [-0.1, -0.05) is 13.0 Å². The number of piperidine rings is 1. The highest BCUT2D eigenvalue weighted by Crippen LogP contribution is 2.24. The van der Waals surface area contributed by atoms with E-state index in [9.17, 15) is 19.7 Å². The van der Waals surface area contributed by atoms with Crippen molar-refractivity contribution >= 4 is 17.7 Å². The predicted molar refractivity (Wildman–Crippen MR) is 93.5 cm³/mol. The van der Waals surface area contributed by atoms with Gasteiger partial charge in [-0.25, -0.2) is 4.79 Å². The van der Waals surface area contributed by atoms with Gasteiger partial charge in [0.05, 0.1) is 11.5 Å². The van der Waals surface area contributed by atoms with Crippen molar-refractivity contribution in [1.29, 1.82) is 0 Å². The van der Waals surface area contributed by atoms with Crippen molar-refractivity contribution < 1.29 is 19.2 Å². The summed E-state index contributed by atoms with van der Waals surface area (Å²) in [6.07, 6.45) is 3.57. The van der Waals surface area contributed by atoms with Gasteiger partial charge in [-0.05, 0) is 30.9 Å². The molecule has 1 saturated heterocycles. The van der Waals surface area contributed by atoms with Gasteiger partial charge in [0.1, 0.15) is 5.75 Å². The van der Waals surface area contributed by atoms with Crippen molar-refractivity contribution in [2.24, 2.45) is 5.92 Å². The molecule has 0 N–H and O–H groups in total. The number of carbonyl (C=O) groups is 2. The monoisotopic (exact) mass is 359 g/mol. The van der Waals surface area contributed by atoms with Gasteiger partial charge in [0.2, 0.25) is 5.91 Å². The fourth-order valence-corrected chi connectivity index (χ4v) is 3.17. The first-order chi connectivity index (χ1) is 12.4. The fraction of sp³-hybridized carbons (Fsp3) is 0.444. The standard InChI is InChI=1S/C18H21N3O5/c1-13-4-9-17(22)20(11-13)15-3-2-10-19(12-15)18(23)26-16-7-5-14(6-8-16)21(24)25/h3,5-8,13H,2,4,9-12H2,1H3. The summed E-state index contributed by atoms with van der Waals surface area (Å²) in [7, 11) is 0. The van der Waals surface area contributed by atoms with Crippen LogP contribution in [0.4, 0.5) is 10.5 Å². The lowest BCUT2D eigenvalue weighted by Gasteiger charge is -2.36. The summed E-state index contributed by atoms with van der Waals surface area (Å²) in [4.78, 5) is 38.1. The summed E-state index contributed by atoms with van der Waals surface area (Å²) in [5, 5.41) is 10.7. The van der Waals surface area contributed by atoms with Gasteiger partial charge in [-0.2, -0.15) is 0 Å². The van der Waals surface area contributed by atoms with Gasteiger partial charge in [-0.15, -0.1) is 0 Å². The zero-order valence-electron chi connectivity index (χ0n) is 14.6. The Kier molecular flexibility index (Phi) is 5.20. The van der Waals surface area contributed by atoms with Crippen LogP contribution in [0.3, 0.4) is 0 Å². The molecule has 1 aromatic carbocycles. The number of carbonyl (C=O) groups excluding carboxylic acids is 2. The number of hydrogen-bond donors (Lipinski definition) is 0. The van der Waals surface area contributed by atoms with Crippen molar-refractivity contribution in [1.82, 2.24) is 9.80 Å². The Morgan fingerprint density at radius 3 is 2.73 bits per heavy atom. The third kappa shape index (κ3) is 4.01. The number of nitro benzene ring substituents is 1. The highest BCUT2D eigenvalue weighted by Gasteiger charge is 2.29. The highest BCUT2D eigenvalue weighted by atomic mass is 16.6. The predicted octanol–water partition coefficient (Wildman–Crippen LogP) is 2.94. The molecule has 1 unspecified atom stereocenters. The third-order valence-corrected chi connectivity index (χ3v) is 4.64. The van der Waals surface area contributed by atoms with Crippen LogP contribution in [-0.2, 0) is 4.79 Å². The number of rotatable bonds is 3. The Morgan fingerprint density at radius 1 is 1.31 bits per heavy atom. The molecule has 1 atom stereocenters. The number of benzene rings is 1. The van der Waals surface area contributed by atoms with E-state index in [-0.39, 0.29) is 17.3 Å². The minimum absolute atomic E-state index is 0.0641. The van der Waals surface area contributed by atoms with Crippen molar-refractivity contribution in [3.8, 4) is 5.75 Å². The Balaban J connectivity index is 1.63. The molecule has 0 saturated carbocycles. The molecule has 8 heteroatoms. The molecule has 26 heavy (non-hydrogen) atoms. The quantitative estimate of drug-likeness (QED) is 0.611. The minimum Gasteiger partial charge on any atom is -0.410 e. The van der Waals surface area contributed by atoms with Crippen LogP contribution in [0, 0.1) is 16.0 Å². The van der Waals surface area contributed by atoms with Crippen molar-refractivity contribution in [2.75, 3.05) is 19.6 Å². The number of ether oxygens (including phenoxy) is 1. The zero-order chi connectivity index (χ0) is 18.7. The molecule has 2 heterocycles. The molecule has 0 bridgehead atoms. The molecule has 1 fully saturated rings. The topological polar surface area (TPSA) is 93.0 Å². The molecule has 2 amide bonds. The molecule has 0 radical (unpaired) electrons. The van der Waals surface area contributed by atoms with Gasteiger partial charge in [0.25, 0.3) is 5.69 Å². The lowest BCUT2D eigenvalue weighted by atomic mass is 9.98. The maximum absolute atomic E-state index is 12.4. The lowest BCUT2D eigenvalue weighted by Crippen LogP contribution is -2.46. The van der Waals surface area contributed by atoms with Gasteiger partial charge < -0.3 is 14.5 Å². The zero-order valence-corrected chi connectivity index (χ0v) is 14.6. The van der Waals surface area contributed by atoms with Crippen molar-refractivity contribution in [3.05, 3.63) is 46.2 Å².